The maximum atomic E-state index is 12.9. The van der Waals surface area contributed by atoms with Crippen LogP contribution in [0.2, 0.25) is 0 Å². The van der Waals surface area contributed by atoms with Crippen molar-refractivity contribution in [1.29, 1.82) is 0 Å². The molecule has 0 aromatic heterocycles. The average Bonchev–Trinajstić information content (AvgIpc) is 3.11. The number of benzene rings is 1. The van der Waals surface area contributed by atoms with Crippen molar-refractivity contribution in [3.63, 3.8) is 0 Å². The van der Waals surface area contributed by atoms with Crippen LogP contribution in [0.1, 0.15) is 45.2 Å². The minimum Gasteiger partial charge on any atom is -0.481 e. The predicted octanol–water partition coefficient (Wildman–Crippen LogP) is 3.56. The van der Waals surface area contributed by atoms with Crippen LogP contribution in [0.3, 0.4) is 0 Å². The van der Waals surface area contributed by atoms with Gasteiger partial charge >= 0.3 is 5.97 Å². The molecular formula is C20H25NO3. The predicted molar refractivity (Wildman–Crippen MR) is 92.2 cm³/mol. The Morgan fingerprint density at radius 2 is 1.67 bits per heavy atom. The van der Waals surface area contributed by atoms with Crippen LogP contribution in [0.25, 0.3) is 0 Å². The van der Waals surface area contributed by atoms with E-state index in [1.54, 1.807) is 0 Å². The van der Waals surface area contributed by atoms with Gasteiger partial charge in [-0.1, -0.05) is 41.5 Å². The summed E-state index contributed by atoms with van der Waals surface area (Å²) in [5.74, 6) is -1.88. The Labute approximate surface area is 143 Å². The first-order valence-electron chi connectivity index (χ1n) is 8.67. The number of carbonyl (C=O) groups is 2. The molecular weight excluding hydrogens is 302 g/mol. The Morgan fingerprint density at radius 3 is 2.21 bits per heavy atom. The Morgan fingerprint density at radius 1 is 1.08 bits per heavy atom. The molecule has 2 aliphatic rings. The number of nitrogens with one attached hydrogen (secondary N) is 1. The van der Waals surface area contributed by atoms with Gasteiger partial charge in [-0.3, -0.25) is 9.59 Å². The van der Waals surface area contributed by atoms with Crippen molar-refractivity contribution in [3.8, 4) is 0 Å². The number of rotatable bonds is 4. The summed E-state index contributed by atoms with van der Waals surface area (Å²) in [6.07, 6.45) is 1.81. The molecule has 2 saturated carbocycles. The molecule has 1 aromatic carbocycles. The molecule has 128 valence electrons. The maximum absolute atomic E-state index is 12.9. The van der Waals surface area contributed by atoms with E-state index in [0.29, 0.717) is 0 Å². The summed E-state index contributed by atoms with van der Waals surface area (Å²) >= 11 is 0. The Kier molecular flexibility index (Phi) is 4.48. The van der Waals surface area contributed by atoms with E-state index in [1.807, 2.05) is 51.1 Å². The van der Waals surface area contributed by atoms with Crippen molar-refractivity contribution in [2.24, 2.45) is 23.7 Å². The molecule has 24 heavy (non-hydrogen) atoms. The Bertz CT molecular complexity index is 675. The van der Waals surface area contributed by atoms with Crippen LogP contribution in [0.4, 0.5) is 0 Å². The molecule has 0 radical (unpaired) electrons. The van der Waals surface area contributed by atoms with Gasteiger partial charge in [0.1, 0.15) is 0 Å². The summed E-state index contributed by atoms with van der Waals surface area (Å²) in [5, 5.41) is 12.7. The molecule has 4 nitrogen and oxygen atoms in total. The molecule has 0 unspecified atom stereocenters. The van der Waals surface area contributed by atoms with Gasteiger partial charge in [0.25, 0.3) is 0 Å². The zero-order chi connectivity index (χ0) is 17.4. The van der Waals surface area contributed by atoms with Gasteiger partial charge in [-0.15, -0.1) is 0 Å². The normalized spacial score (nSPS) is 29.4. The number of fused-ring (bicyclic) bond motifs is 2. The minimum absolute atomic E-state index is 0.0280. The van der Waals surface area contributed by atoms with Gasteiger partial charge in [0.2, 0.25) is 5.91 Å². The summed E-state index contributed by atoms with van der Waals surface area (Å²) in [6, 6.07) is 9.65. The SMILES string of the molecule is CC(C)=C1[C@H]2CC[C@@H]1[C@@H](C(=O)N[C@@H](C)c1ccccc1)[C@@H]2C(=O)O. The molecule has 2 aliphatic carbocycles. The number of carbonyl (C=O) groups excluding carboxylic acids is 1. The van der Waals surface area contributed by atoms with Gasteiger partial charge in [0, 0.05) is 0 Å². The third kappa shape index (κ3) is 2.74. The van der Waals surface area contributed by atoms with Gasteiger partial charge in [0.05, 0.1) is 17.9 Å². The number of carboxylic acids is 1. The van der Waals surface area contributed by atoms with Gasteiger partial charge in [-0.05, 0) is 51.0 Å². The summed E-state index contributed by atoms with van der Waals surface area (Å²) < 4.78 is 0. The first-order valence-corrected chi connectivity index (χ1v) is 8.67. The quantitative estimate of drug-likeness (QED) is 0.831. The lowest BCUT2D eigenvalue weighted by atomic mass is 9.78. The third-order valence-corrected chi connectivity index (χ3v) is 5.67. The molecule has 2 bridgehead atoms. The van der Waals surface area contributed by atoms with Crippen molar-refractivity contribution in [2.75, 3.05) is 0 Å². The van der Waals surface area contributed by atoms with E-state index in [2.05, 4.69) is 5.32 Å². The highest BCUT2D eigenvalue weighted by Gasteiger charge is 2.57. The number of hydrogen-bond donors (Lipinski definition) is 2. The average molecular weight is 327 g/mol. The molecule has 0 spiro atoms. The van der Waals surface area contributed by atoms with Crippen molar-refractivity contribution in [2.45, 2.75) is 39.7 Å². The van der Waals surface area contributed by atoms with E-state index in [9.17, 15) is 14.7 Å². The van der Waals surface area contributed by atoms with Crippen LogP contribution < -0.4 is 5.32 Å². The second kappa shape index (κ2) is 6.42. The molecule has 2 fully saturated rings. The molecule has 3 rings (SSSR count). The van der Waals surface area contributed by atoms with Crippen LogP contribution in [-0.2, 0) is 9.59 Å². The van der Waals surface area contributed by atoms with Gasteiger partial charge in [0.15, 0.2) is 0 Å². The largest absolute Gasteiger partial charge is 0.481 e. The van der Waals surface area contributed by atoms with Crippen molar-refractivity contribution >= 4 is 11.9 Å². The second-order valence-corrected chi connectivity index (χ2v) is 7.28. The van der Waals surface area contributed by atoms with Crippen LogP contribution in [0, 0.1) is 23.7 Å². The van der Waals surface area contributed by atoms with Crippen LogP contribution in [0.5, 0.6) is 0 Å². The summed E-state index contributed by atoms with van der Waals surface area (Å²) in [6.45, 7) is 6.01. The zero-order valence-electron chi connectivity index (χ0n) is 14.5. The van der Waals surface area contributed by atoms with Crippen molar-refractivity contribution in [3.05, 3.63) is 47.0 Å². The molecule has 2 N–H and O–H groups in total. The standard InChI is InChI=1S/C20H25NO3/c1-11(2)16-14-9-10-15(16)18(20(23)24)17(14)19(22)21-12(3)13-7-5-4-6-8-13/h4-8,12,14-15,17-18H,9-10H2,1-3H3,(H,21,22)(H,23,24)/t12-,14-,15+,17+,18+/m0/s1. The molecule has 0 saturated heterocycles. The zero-order valence-corrected chi connectivity index (χ0v) is 14.5. The lowest BCUT2D eigenvalue weighted by Crippen LogP contribution is -2.42. The lowest BCUT2D eigenvalue weighted by molar-refractivity contribution is -0.149. The van der Waals surface area contributed by atoms with Crippen LogP contribution in [0.15, 0.2) is 41.5 Å². The number of allylic oxidation sites excluding steroid dienone is 2. The van der Waals surface area contributed by atoms with E-state index in [-0.39, 0.29) is 23.8 Å². The number of amides is 1. The maximum Gasteiger partial charge on any atom is 0.307 e. The van der Waals surface area contributed by atoms with Crippen LogP contribution >= 0.6 is 0 Å². The highest BCUT2D eigenvalue weighted by molar-refractivity contribution is 5.87. The first kappa shape index (κ1) is 16.7. The smallest absolute Gasteiger partial charge is 0.307 e. The first-order chi connectivity index (χ1) is 11.4. The molecule has 1 aromatic rings. The molecule has 4 heteroatoms. The van der Waals surface area contributed by atoms with E-state index in [4.69, 9.17) is 0 Å². The monoisotopic (exact) mass is 327 g/mol. The summed E-state index contributed by atoms with van der Waals surface area (Å²) in [4.78, 5) is 24.7. The molecule has 1 amide bonds. The molecule has 0 heterocycles. The summed E-state index contributed by atoms with van der Waals surface area (Å²) in [7, 11) is 0. The Balaban J connectivity index is 1.83. The highest BCUT2D eigenvalue weighted by Crippen LogP contribution is 2.57. The lowest BCUT2D eigenvalue weighted by Gasteiger charge is -2.28. The third-order valence-electron chi connectivity index (χ3n) is 5.67. The Hall–Kier alpha value is -2.10. The van der Waals surface area contributed by atoms with Crippen molar-refractivity contribution < 1.29 is 14.7 Å². The summed E-state index contributed by atoms with van der Waals surface area (Å²) in [5.41, 5.74) is 3.43. The fourth-order valence-corrected chi connectivity index (χ4v) is 4.74. The fraction of sp³-hybridized carbons (Fsp3) is 0.500. The highest BCUT2D eigenvalue weighted by atomic mass is 16.4. The number of hydrogen-bond acceptors (Lipinski definition) is 2. The van der Waals surface area contributed by atoms with Crippen molar-refractivity contribution in [1.82, 2.24) is 5.32 Å². The number of aliphatic carboxylic acids is 1. The number of carboxylic acid groups (broad SMARTS) is 1. The van der Waals surface area contributed by atoms with E-state index < -0.39 is 17.8 Å². The second-order valence-electron chi connectivity index (χ2n) is 7.28. The topological polar surface area (TPSA) is 66.4 Å². The fourth-order valence-electron chi connectivity index (χ4n) is 4.74. The van der Waals surface area contributed by atoms with Gasteiger partial charge in [-0.25, -0.2) is 0 Å². The molecule has 0 aliphatic heterocycles. The van der Waals surface area contributed by atoms with Gasteiger partial charge < -0.3 is 10.4 Å². The van der Waals surface area contributed by atoms with Gasteiger partial charge in [-0.2, -0.15) is 0 Å². The van der Waals surface area contributed by atoms with Crippen LogP contribution in [-0.4, -0.2) is 17.0 Å². The minimum atomic E-state index is -0.839. The van der Waals surface area contributed by atoms with E-state index in [1.165, 1.54) is 11.1 Å². The van der Waals surface area contributed by atoms with E-state index in [0.717, 1.165) is 18.4 Å². The van der Waals surface area contributed by atoms with E-state index >= 15 is 0 Å². The molecule has 5 atom stereocenters.